The Morgan fingerprint density at radius 3 is 2.59 bits per heavy atom. The molecular formula is C24H26N2O6. The number of likely N-dealkylation sites (N-methyl/N-ethyl adjacent to an activating group) is 1. The number of fused-ring (bicyclic) bond motifs is 2. The molecule has 8 nitrogen and oxygen atoms in total. The van der Waals surface area contributed by atoms with Gasteiger partial charge in [0, 0.05) is 56.5 Å². The van der Waals surface area contributed by atoms with E-state index in [9.17, 15) is 9.90 Å². The summed E-state index contributed by atoms with van der Waals surface area (Å²) in [5, 5.41) is 10.6. The molecule has 1 fully saturated rings. The van der Waals surface area contributed by atoms with Crippen molar-refractivity contribution >= 4 is 11.0 Å². The van der Waals surface area contributed by atoms with Crippen molar-refractivity contribution in [2.75, 3.05) is 59.6 Å². The van der Waals surface area contributed by atoms with Gasteiger partial charge in [0.15, 0.2) is 16.9 Å². The molecule has 1 saturated heterocycles. The summed E-state index contributed by atoms with van der Waals surface area (Å²) < 4.78 is 23.1. The van der Waals surface area contributed by atoms with Crippen molar-refractivity contribution in [3.8, 4) is 34.3 Å². The highest BCUT2D eigenvalue weighted by Crippen LogP contribution is 2.36. The van der Waals surface area contributed by atoms with Crippen LogP contribution < -0.4 is 19.6 Å². The zero-order valence-electron chi connectivity index (χ0n) is 18.0. The van der Waals surface area contributed by atoms with E-state index in [1.165, 1.54) is 12.1 Å². The number of hydrogen-bond acceptors (Lipinski definition) is 8. The van der Waals surface area contributed by atoms with Crippen LogP contribution in [-0.2, 0) is 0 Å². The number of benzene rings is 2. The van der Waals surface area contributed by atoms with Crippen LogP contribution in [0.4, 0.5) is 0 Å². The zero-order valence-corrected chi connectivity index (χ0v) is 18.0. The quantitative estimate of drug-likeness (QED) is 0.651. The average Bonchev–Trinajstić information content (AvgIpc) is 2.79. The predicted molar refractivity (Wildman–Crippen MR) is 120 cm³/mol. The maximum absolute atomic E-state index is 12.7. The highest BCUT2D eigenvalue weighted by Gasteiger charge is 2.17. The minimum Gasteiger partial charge on any atom is -0.507 e. The highest BCUT2D eigenvalue weighted by atomic mass is 16.6. The number of aromatic hydroxyl groups is 1. The molecule has 32 heavy (non-hydrogen) atoms. The van der Waals surface area contributed by atoms with E-state index in [4.69, 9.17) is 18.6 Å². The van der Waals surface area contributed by atoms with Crippen LogP contribution in [0.25, 0.3) is 22.3 Å². The molecule has 0 atom stereocenters. The van der Waals surface area contributed by atoms with Crippen molar-refractivity contribution in [1.29, 1.82) is 0 Å². The Hall–Kier alpha value is -3.23. The van der Waals surface area contributed by atoms with Crippen LogP contribution in [-0.4, -0.2) is 74.5 Å². The Kier molecular flexibility index (Phi) is 5.63. The van der Waals surface area contributed by atoms with Gasteiger partial charge in [0.05, 0.1) is 0 Å². The molecule has 0 spiro atoms. The molecule has 3 heterocycles. The van der Waals surface area contributed by atoms with Gasteiger partial charge in [0.2, 0.25) is 0 Å². The van der Waals surface area contributed by atoms with Crippen LogP contribution in [0.1, 0.15) is 0 Å². The molecule has 168 valence electrons. The van der Waals surface area contributed by atoms with Crippen LogP contribution in [0.5, 0.6) is 23.0 Å². The van der Waals surface area contributed by atoms with Gasteiger partial charge in [-0.1, -0.05) is 0 Å². The summed E-state index contributed by atoms with van der Waals surface area (Å²) in [7, 11) is 2.12. The molecule has 2 aliphatic heterocycles. The molecule has 8 heteroatoms. The lowest BCUT2D eigenvalue weighted by Crippen LogP contribution is -2.45. The molecule has 0 aliphatic carbocycles. The summed E-state index contributed by atoms with van der Waals surface area (Å²) in [5.41, 5.74) is 0.642. The maximum Gasteiger partial charge on any atom is 0.197 e. The number of phenolic OH excluding ortho intramolecular Hbond substituents is 1. The van der Waals surface area contributed by atoms with Crippen LogP contribution >= 0.6 is 0 Å². The molecule has 5 rings (SSSR count). The normalized spacial score (nSPS) is 16.9. The standard InChI is InChI=1S/C24H26N2O6/c1-25-4-6-26(7-5-25)8-9-29-17-13-18(27)24-19(28)15-21(32-23(24)14-17)16-2-3-20-22(12-16)31-11-10-30-20/h2-3,12-15,27H,4-11H2,1H3. The summed E-state index contributed by atoms with van der Waals surface area (Å²) >= 11 is 0. The third kappa shape index (κ3) is 4.24. The van der Waals surface area contributed by atoms with Crippen LogP contribution in [0.2, 0.25) is 0 Å². The summed E-state index contributed by atoms with van der Waals surface area (Å²) in [6.45, 7) is 6.38. The fourth-order valence-corrected chi connectivity index (χ4v) is 4.03. The first-order valence-electron chi connectivity index (χ1n) is 10.8. The molecule has 0 unspecified atom stereocenters. The fraction of sp³-hybridized carbons (Fsp3) is 0.375. The van der Waals surface area contributed by atoms with Gasteiger partial charge in [-0.2, -0.15) is 0 Å². The average molecular weight is 438 g/mol. The molecule has 0 bridgehead atoms. The monoisotopic (exact) mass is 438 g/mol. The van der Waals surface area contributed by atoms with Crippen LogP contribution in [0.3, 0.4) is 0 Å². The molecule has 2 aliphatic rings. The van der Waals surface area contributed by atoms with E-state index in [0.717, 1.165) is 32.7 Å². The van der Waals surface area contributed by atoms with E-state index in [2.05, 4.69) is 16.8 Å². The number of hydrogen-bond donors (Lipinski definition) is 1. The molecule has 1 N–H and O–H groups in total. The van der Waals surface area contributed by atoms with Gasteiger partial charge >= 0.3 is 0 Å². The van der Waals surface area contributed by atoms with Crippen molar-refractivity contribution in [3.63, 3.8) is 0 Å². The minimum absolute atomic E-state index is 0.137. The number of piperazine rings is 1. The second kappa shape index (κ2) is 8.72. The lowest BCUT2D eigenvalue weighted by Gasteiger charge is -2.32. The Morgan fingerprint density at radius 2 is 1.78 bits per heavy atom. The Labute approximate surface area is 185 Å². The first kappa shape index (κ1) is 20.7. The molecule has 0 radical (unpaired) electrons. The van der Waals surface area contributed by atoms with Gasteiger partial charge in [0.25, 0.3) is 0 Å². The van der Waals surface area contributed by atoms with E-state index >= 15 is 0 Å². The van der Waals surface area contributed by atoms with Gasteiger partial charge in [-0.3, -0.25) is 9.69 Å². The third-order valence-electron chi connectivity index (χ3n) is 5.88. The van der Waals surface area contributed by atoms with E-state index in [1.54, 1.807) is 18.2 Å². The Bertz CT molecular complexity index is 1180. The van der Waals surface area contributed by atoms with Gasteiger partial charge in [0.1, 0.15) is 48.0 Å². The molecule has 1 aromatic heterocycles. The van der Waals surface area contributed by atoms with Gasteiger partial charge in [-0.05, 0) is 25.2 Å². The second-order valence-electron chi connectivity index (χ2n) is 8.14. The highest BCUT2D eigenvalue weighted by molar-refractivity contribution is 5.86. The molecular weight excluding hydrogens is 412 g/mol. The Balaban J connectivity index is 1.38. The predicted octanol–water partition coefficient (Wildman–Crippen LogP) is 2.56. The molecule has 0 saturated carbocycles. The fourth-order valence-electron chi connectivity index (χ4n) is 4.03. The van der Waals surface area contributed by atoms with Gasteiger partial charge in [-0.15, -0.1) is 0 Å². The maximum atomic E-state index is 12.7. The smallest absolute Gasteiger partial charge is 0.197 e. The van der Waals surface area contributed by atoms with Crippen LogP contribution in [0, 0.1) is 0 Å². The number of phenols is 1. The molecule has 0 amide bonds. The van der Waals surface area contributed by atoms with Crippen molar-refractivity contribution in [2.24, 2.45) is 0 Å². The van der Waals surface area contributed by atoms with Crippen molar-refractivity contribution in [1.82, 2.24) is 9.80 Å². The van der Waals surface area contributed by atoms with Crippen molar-refractivity contribution in [2.45, 2.75) is 0 Å². The van der Waals surface area contributed by atoms with E-state index in [1.807, 2.05) is 6.07 Å². The SMILES string of the molecule is CN1CCN(CCOc2cc(O)c3c(=O)cc(-c4ccc5c(c4)OCCO5)oc3c2)CC1. The first-order valence-corrected chi connectivity index (χ1v) is 10.8. The van der Waals surface area contributed by atoms with Gasteiger partial charge in [-0.25, -0.2) is 0 Å². The molecule has 3 aromatic rings. The summed E-state index contributed by atoms with van der Waals surface area (Å²) in [6, 6.07) is 9.89. The van der Waals surface area contributed by atoms with Gasteiger partial charge < -0.3 is 28.6 Å². The van der Waals surface area contributed by atoms with Crippen molar-refractivity contribution < 1.29 is 23.7 Å². The Morgan fingerprint density at radius 1 is 1.00 bits per heavy atom. The van der Waals surface area contributed by atoms with Crippen molar-refractivity contribution in [3.05, 3.63) is 46.6 Å². The first-order chi connectivity index (χ1) is 15.6. The minimum atomic E-state index is -0.322. The summed E-state index contributed by atoms with van der Waals surface area (Å²) in [6.07, 6.45) is 0. The topological polar surface area (TPSA) is 84.6 Å². The lowest BCUT2D eigenvalue weighted by atomic mass is 10.1. The second-order valence-corrected chi connectivity index (χ2v) is 8.14. The molecule has 2 aromatic carbocycles. The number of rotatable bonds is 5. The largest absolute Gasteiger partial charge is 0.507 e. The van der Waals surface area contributed by atoms with E-state index in [0.29, 0.717) is 48.4 Å². The number of ether oxygens (including phenoxy) is 3. The third-order valence-corrected chi connectivity index (χ3v) is 5.88. The summed E-state index contributed by atoms with van der Waals surface area (Å²) in [4.78, 5) is 17.4. The van der Waals surface area contributed by atoms with E-state index in [-0.39, 0.29) is 22.1 Å². The number of nitrogens with zero attached hydrogens (tertiary/aromatic N) is 2. The van der Waals surface area contributed by atoms with Crippen LogP contribution in [0.15, 0.2) is 45.6 Å². The lowest BCUT2D eigenvalue weighted by molar-refractivity contribution is 0.133. The zero-order chi connectivity index (χ0) is 22.1. The van der Waals surface area contributed by atoms with E-state index < -0.39 is 0 Å². The summed E-state index contributed by atoms with van der Waals surface area (Å²) in [5.74, 6) is 1.97.